The molecule has 2 aliphatic rings. The second-order valence-electron chi connectivity index (χ2n) is 6.31. The van der Waals surface area contributed by atoms with Gasteiger partial charge < -0.3 is 15.2 Å². The summed E-state index contributed by atoms with van der Waals surface area (Å²) < 4.78 is 13.2. The van der Waals surface area contributed by atoms with Gasteiger partial charge in [-0.05, 0) is 32.0 Å². The van der Waals surface area contributed by atoms with Crippen molar-refractivity contribution in [1.29, 1.82) is 0 Å². The minimum Gasteiger partial charge on any atom is -0.487 e. The molecule has 104 valence electrons. The molecule has 1 saturated heterocycles. The number of nitrogens with two attached hydrogens (primary N) is 1. The maximum absolute atomic E-state index is 6.37. The van der Waals surface area contributed by atoms with Crippen molar-refractivity contribution >= 4 is 15.9 Å². The second kappa shape index (κ2) is 4.47. The van der Waals surface area contributed by atoms with Gasteiger partial charge in [0.2, 0.25) is 0 Å². The molecule has 2 aliphatic heterocycles. The van der Waals surface area contributed by atoms with Gasteiger partial charge in [0, 0.05) is 35.3 Å². The van der Waals surface area contributed by atoms with Gasteiger partial charge in [-0.3, -0.25) is 0 Å². The van der Waals surface area contributed by atoms with Crippen molar-refractivity contribution in [3.05, 3.63) is 28.2 Å². The summed E-state index contributed by atoms with van der Waals surface area (Å²) in [6.07, 6.45) is 2.67. The summed E-state index contributed by atoms with van der Waals surface area (Å²) in [5.41, 5.74) is 7.17. The average Bonchev–Trinajstić information content (AvgIpc) is 2.29. The Morgan fingerprint density at radius 2 is 2.16 bits per heavy atom. The highest BCUT2D eigenvalue weighted by Gasteiger charge is 2.46. The Morgan fingerprint density at radius 1 is 1.37 bits per heavy atom. The fraction of sp³-hybridized carbons (Fsp3) is 0.600. The third kappa shape index (κ3) is 2.54. The van der Waals surface area contributed by atoms with Gasteiger partial charge in [-0.15, -0.1) is 0 Å². The second-order valence-corrected chi connectivity index (χ2v) is 7.23. The molecule has 3 nitrogen and oxygen atoms in total. The number of hydrogen-bond donors (Lipinski definition) is 1. The quantitative estimate of drug-likeness (QED) is 0.793. The monoisotopic (exact) mass is 325 g/mol. The molecule has 0 aromatic heterocycles. The highest BCUT2D eigenvalue weighted by molar-refractivity contribution is 9.10. The minimum atomic E-state index is -0.165. The van der Waals surface area contributed by atoms with Gasteiger partial charge in [0.05, 0.1) is 12.2 Å². The summed E-state index contributed by atoms with van der Waals surface area (Å²) in [6, 6.07) is 6.13. The zero-order valence-corrected chi connectivity index (χ0v) is 13.0. The lowest BCUT2D eigenvalue weighted by molar-refractivity contribution is -0.141. The normalized spacial score (nSPS) is 32.7. The van der Waals surface area contributed by atoms with Crippen LogP contribution in [0.1, 0.15) is 44.7 Å². The van der Waals surface area contributed by atoms with E-state index in [0.717, 1.165) is 41.7 Å². The van der Waals surface area contributed by atoms with Crippen molar-refractivity contribution in [3.8, 4) is 5.75 Å². The van der Waals surface area contributed by atoms with Gasteiger partial charge in [-0.2, -0.15) is 0 Å². The van der Waals surface area contributed by atoms with Crippen LogP contribution in [-0.2, 0) is 4.74 Å². The maximum Gasteiger partial charge on any atom is 0.124 e. The predicted molar refractivity (Wildman–Crippen MR) is 78.3 cm³/mol. The Balaban J connectivity index is 1.94. The van der Waals surface area contributed by atoms with E-state index in [0.29, 0.717) is 0 Å². The molecule has 0 aliphatic carbocycles. The Hall–Kier alpha value is -0.580. The number of fused-ring (bicyclic) bond motifs is 1. The minimum absolute atomic E-state index is 0.0372. The van der Waals surface area contributed by atoms with Crippen LogP contribution in [0.3, 0.4) is 0 Å². The van der Waals surface area contributed by atoms with Gasteiger partial charge in [0.1, 0.15) is 11.4 Å². The molecule has 2 unspecified atom stereocenters. The number of benzene rings is 1. The first-order valence-corrected chi connectivity index (χ1v) is 7.57. The highest BCUT2D eigenvalue weighted by Crippen LogP contribution is 2.46. The Morgan fingerprint density at radius 3 is 2.89 bits per heavy atom. The standard InChI is InChI=1S/C15H20BrNO2/c1-14(2)9-15(5-6-18-14)8-12(17)11-7-10(16)3-4-13(11)19-15/h3-4,7,12H,5-6,8-9,17H2,1-2H3. The van der Waals surface area contributed by atoms with Crippen LogP contribution in [0.4, 0.5) is 0 Å². The van der Waals surface area contributed by atoms with Gasteiger partial charge in [-0.25, -0.2) is 0 Å². The van der Waals surface area contributed by atoms with E-state index in [1.165, 1.54) is 0 Å². The largest absolute Gasteiger partial charge is 0.487 e. The van der Waals surface area contributed by atoms with Crippen LogP contribution in [0.25, 0.3) is 0 Å². The van der Waals surface area contributed by atoms with Crippen molar-refractivity contribution in [2.45, 2.75) is 50.4 Å². The molecule has 0 bridgehead atoms. The van der Waals surface area contributed by atoms with Crippen molar-refractivity contribution < 1.29 is 9.47 Å². The van der Waals surface area contributed by atoms with Crippen LogP contribution in [0, 0.1) is 0 Å². The number of halogens is 1. The zero-order valence-electron chi connectivity index (χ0n) is 11.4. The molecule has 3 rings (SSSR count). The zero-order chi connectivity index (χ0) is 13.7. The van der Waals surface area contributed by atoms with Crippen molar-refractivity contribution in [2.75, 3.05) is 6.61 Å². The molecule has 4 heteroatoms. The van der Waals surface area contributed by atoms with E-state index >= 15 is 0 Å². The molecule has 1 aromatic rings. The number of ether oxygens (including phenoxy) is 2. The molecule has 2 N–H and O–H groups in total. The van der Waals surface area contributed by atoms with E-state index in [2.05, 4.69) is 35.8 Å². The first kappa shape index (κ1) is 13.4. The fourth-order valence-electron chi connectivity index (χ4n) is 3.38. The van der Waals surface area contributed by atoms with E-state index in [4.69, 9.17) is 15.2 Å². The summed E-state index contributed by atoms with van der Waals surface area (Å²) in [6.45, 7) is 4.99. The van der Waals surface area contributed by atoms with E-state index in [1.807, 2.05) is 12.1 Å². The van der Waals surface area contributed by atoms with Gasteiger partial charge in [0.25, 0.3) is 0 Å². The summed E-state index contributed by atoms with van der Waals surface area (Å²) in [5.74, 6) is 0.930. The van der Waals surface area contributed by atoms with E-state index in [-0.39, 0.29) is 17.2 Å². The Labute approximate surface area is 122 Å². The van der Waals surface area contributed by atoms with Crippen LogP contribution in [-0.4, -0.2) is 17.8 Å². The molecule has 1 fully saturated rings. The Bertz CT molecular complexity index is 503. The molecule has 0 saturated carbocycles. The van der Waals surface area contributed by atoms with Gasteiger partial charge >= 0.3 is 0 Å². The smallest absolute Gasteiger partial charge is 0.124 e. The van der Waals surface area contributed by atoms with Gasteiger partial charge in [0.15, 0.2) is 0 Å². The molecule has 1 spiro atoms. The molecular weight excluding hydrogens is 306 g/mol. The maximum atomic E-state index is 6.37. The molecule has 0 radical (unpaired) electrons. The average molecular weight is 326 g/mol. The van der Waals surface area contributed by atoms with Crippen LogP contribution in [0.2, 0.25) is 0 Å². The topological polar surface area (TPSA) is 44.5 Å². The van der Waals surface area contributed by atoms with Crippen molar-refractivity contribution in [2.24, 2.45) is 5.73 Å². The van der Waals surface area contributed by atoms with Crippen molar-refractivity contribution in [3.63, 3.8) is 0 Å². The lowest BCUT2D eigenvalue weighted by atomic mass is 9.77. The summed E-state index contributed by atoms with van der Waals surface area (Å²) >= 11 is 3.49. The highest BCUT2D eigenvalue weighted by atomic mass is 79.9. The molecule has 19 heavy (non-hydrogen) atoms. The molecule has 2 heterocycles. The Kier molecular flexibility index (Phi) is 3.15. The van der Waals surface area contributed by atoms with E-state index in [1.54, 1.807) is 0 Å². The molecule has 2 atom stereocenters. The predicted octanol–water partition coefficient (Wildman–Crippen LogP) is 3.56. The molecular formula is C15H20BrNO2. The van der Waals surface area contributed by atoms with Crippen LogP contribution >= 0.6 is 15.9 Å². The van der Waals surface area contributed by atoms with Crippen LogP contribution in [0.15, 0.2) is 22.7 Å². The van der Waals surface area contributed by atoms with Gasteiger partial charge in [-0.1, -0.05) is 15.9 Å². The fourth-order valence-corrected chi connectivity index (χ4v) is 3.76. The van der Waals surface area contributed by atoms with E-state index in [9.17, 15) is 0 Å². The number of rotatable bonds is 0. The summed E-state index contributed by atoms with van der Waals surface area (Å²) in [7, 11) is 0. The molecule has 1 aromatic carbocycles. The van der Waals surface area contributed by atoms with Crippen LogP contribution < -0.4 is 10.5 Å². The summed E-state index contributed by atoms with van der Waals surface area (Å²) in [5, 5.41) is 0. The first-order chi connectivity index (χ1) is 8.89. The number of hydrogen-bond acceptors (Lipinski definition) is 3. The third-order valence-electron chi connectivity index (χ3n) is 4.09. The first-order valence-electron chi connectivity index (χ1n) is 6.77. The summed E-state index contributed by atoms with van der Waals surface area (Å²) in [4.78, 5) is 0. The third-order valence-corrected chi connectivity index (χ3v) is 4.58. The van der Waals surface area contributed by atoms with Crippen molar-refractivity contribution in [1.82, 2.24) is 0 Å². The van der Waals surface area contributed by atoms with Crippen LogP contribution in [0.5, 0.6) is 5.75 Å². The lowest BCUT2D eigenvalue weighted by Crippen LogP contribution is -2.52. The van der Waals surface area contributed by atoms with E-state index < -0.39 is 0 Å². The lowest BCUT2D eigenvalue weighted by Gasteiger charge is -2.48. The molecule has 0 amide bonds. The SMILES string of the molecule is CC1(C)CC2(CCO1)CC(N)c1cc(Br)ccc1O2.